The summed E-state index contributed by atoms with van der Waals surface area (Å²) in [7, 11) is 1.67. The monoisotopic (exact) mass is 276 g/mol. The van der Waals surface area contributed by atoms with Crippen LogP contribution in [0.3, 0.4) is 0 Å². The zero-order chi connectivity index (χ0) is 14.4. The summed E-state index contributed by atoms with van der Waals surface area (Å²) in [5.74, 6) is 1.16. The third kappa shape index (κ3) is 3.97. The second-order valence-corrected chi connectivity index (χ2v) is 5.44. The number of carbonyl (C=O) groups excluding carboxylic acids is 1. The molecule has 1 aromatic carbocycles. The van der Waals surface area contributed by atoms with Crippen molar-refractivity contribution in [3.8, 4) is 5.75 Å². The number of piperidine rings is 1. The molecule has 1 aliphatic rings. The molecule has 20 heavy (non-hydrogen) atoms. The molecule has 0 spiro atoms. The van der Waals surface area contributed by atoms with Crippen molar-refractivity contribution in [2.24, 2.45) is 5.92 Å². The molecule has 1 aliphatic heterocycles. The second-order valence-electron chi connectivity index (χ2n) is 5.44. The van der Waals surface area contributed by atoms with Gasteiger partial charge in [-0.1, -0.05) is 18.2 Å². The molecule has 1 fully saturated rings. The highest BCUT2D eigenvalue weighted by atomic mass is 16.5. The number of hydrogen-bond donors (Lipinski definition) is 2. The van der Waals surface area contributed by atoms with Crippen LogP contribution in [0.15, 0.2) is 24.3 Å². The van der Waals surface area contributed by atoms with Crippen LogP contribution in [0.1, 0.15) is 25.3 Å². The highest BCUT2D eigenvalue weighted by Crippen LogP contribution is 2.17. The van der Waals surface area contributed by atoms with E-state index in [4.69, 9.17) is 4.74 Å². The Balaban J connectivity index is 1.76. The Labute approximate surface area is 120 Å². The van der Waals surface area contributed by atoms with Gasteiger partial charge in [-0.15, -0.1) is 0 Å². The molecule has 4 nitrogen and oxygen atoms in total. The maximum absolute atomic E-state index is 12.1. The van der Waals surface area contributed by atoms with E-state index < -0.39 is 0 Å². The second kappa shape index (κ2) is 7.29. The highest BCUT2D eigenvalue weighted by molar-refractivity contribution is 5.79. The molecule has 0 bridgehead atoms. The van der Waals surface area contributed by atoms with Gasteiger partial charge >= 0.3 is 0 Å². The first kappa shape index (κ1) is 14.9. The number of carbonyl (C=O) groups is 1. The van der Waals surface area contributed by atoms with Crippen LogP contribution in [-0.4, -0.2) is 32.1 Å². The lowest BCUT2D eigenvalue weighted by Crippen LogP contribution is -2.44. The lowest BCUT2D eigenvalue weighted by molar-refractivity contribution is -0.125. The van der Waals surface area contributed by atoms with Gasteiger partial charge in [-0.2, -0.15) is 0 Å². The van der Waals surface area contributed by atoms with Crippen LogP contribution in [0.2, 0.25) is 0 Å². The molecule has 2 atom stereocenters. The molecule has 2 N–H and O–H groups in total. The number of benzene rings is 1. The van der Waals surface area contributed by atoms with E-state index in [2.05, 4.69) is 17.6 Å². The molecule has 110 valence electrons. The third-order valence-corrected chi connectivity index (χ3v) is 3.92. The van der Waals surface area contributed by atoms with Crippen LogP contribution >= 0.6 is 0 Å². The number of rotatable bonds is 5. The van der Waals surface area contributed by atoms with Gasteiger partial charge in [0.2, 0.25) is 5.91 Å². The van der Waals surface area contributed by atoms with E-state index in [-0.39, 0.29) is 11.8 Å². The SMILES string of the molecule is COc1ccccc1CCNC(=O)C1CCC(C)NC1. The normalized spacial score (nSPS) is 22.3. The predicted molar refractivity (Wildman–Crippen MR) is 79.9 cm³/mol. The Kier molecular flexibility index (Phi) is 5.41. The topological polar surface area (TPSA) is 50.4 Å². The van der Waals surface area contributed by atoms with Crippen LogP contribution in [0, 0.1) is 5.92 Å². The maximum atomic E-state index is 12.1. The molecule has 2 rings (SSSR count). The lowest BCUT2D eigenvalue weighted by Gasteiger charge is -2.26. The molecular weight excluding hydrogens is 252 g/mol. The van der Waals surface area contributed by atoms with Crippen LogP contribution in [-0.2, 0) is 11.2 Å². The molecule has 0 saturated carbocycles. The van der Waals surface area contributed by atoms with Gasteiger partial charge in [0, 0.05) is 19.1 Å². The van der Waals surface area contributed by atoms with Crippen molar-refractivity contribution in [2.75, 3.05) is 20.2 Å². The largest absolute Gasteiger partial charge is 0.496 e. The highest BCUT2D eigenvalue weighted by Gasteiger charge is 2.23. The fourth-order valence-electron chi connectivity index (χ4n) is 2.60. The molecule has 1 amide bonds. The summed E-state index contributed by atoms with van der Waals surface area (Å²) >= 11 is 0. The van der Waals surface area contributed by atoms with Crippen molar-refractivity contribution < 1.29 is 9.53 Å². The fourth-order valence-corrected chi connectivity index (χ4v) is 2.60. The molecule has 1 heterocycles. The quantitative estimate of drug-likeness (QED) is 0.861. The first-order valence-corrected chi connectivity index (χ1v) is 7.33. The van der Waals surface area contributed by atoms with Gasteiger partial charge in [0.25, 0.3) is 0 Å². The van der Waals surface area contributed by atoms with Gasteiger partial charge < -0.3 is 15.4 Å². The smallest absolute Gasteiger partial charge is 0.224 e. The number of ether oxygens (including phenoxy) is 1. The Bertz CT molecular complexity index is 440. The fraction of sp³-hybridized carbons (Fsp3) is 0.562. The van der Waals surface area contributed by atoms with Gasteiger partial charge in [-0.25, -0.2) is 0 Å². The van der Waals surface area contributed by atoms with Crippen molar-refractivity contribution >= 4 is 5.91 Å². The van der Waals surface area contributed by atoms with Crippen LogP contribution < -0.4 is 15.4 Å². The molecular formula is C16H24N2O2. The summed E-state index contributed by atoms with van der Waals surface area (Å²) in [5, 5.41) is 6.39. The minimum Gasteiger partial charge on any atom is -0.496 e. The van der Waals surface area contributed by atoms with Crippen molar-refractivity contribution in [1.29, 1.82) is 0 Å². The molecule has 0 radical (unpaired) electrons. The first-order chi connectivity index (χ1) is 9.70. The van der Waals surface area contributed by atoms with Crippen LogP contribution in [0.4, 0.5) is 0 Å². The van der Waals surface area contributed by atoms with Gasteiger partial charge in [0.1, 0.15) is 5.75 Å². The maximum Gasteiger partial charge on any atom is 0.224 e. The van der Waals surface area contributed by atoms with Crippen molar-refractivity contribution in [2.45, 2.75) is 32.2 Å². The Morgan fingerprint density at radius 3 is 2.90 bits per heavy atom. The van der Waals surface area contributed by atoms with Gasteiger partial charge in [-0.05, 0) is 37.8 Å². The summed E-state index contributed by atoms with van der Waals surface area (Å²) in [6.07, 6.45) is 2.85. The Hall–Kier alpha value is -1.55. The zero-order valence-electron chi connectivity index (χ0n) is 12.3. The van der Waals surface area contributed by atoms with Crippen LogP contribution in [0.25, 0.3) is 0 Å². The molecule has 4 heteroatoms. The minimum absolute atomic E-state index is 0.115. The van der Waals surface area contributed by atoms with E-state index >= 15 is 0 Å². The van der Waals surface area contributed by atoms with Gasteiger partial charge in [-0.3, -0.25) is 4.79 Å². The van der Waals surface area contributed by atoms with Crippen LogP contribution in [0.5, 0.6) is 5.75 Å². The molecule has 1 aromatic rings. The van der Waals surface area contributed by atoms with Crippen molar-refractivity contribution in [3.05, 3.63) is 29.8 Å². The number of hydrogen-bond acceptors (Lipinski definition) is 3. The summed E-state index contributed by atoms with van der Waals surface area (Å²) in [5.41, 5.74) is 1.13. The van der Waals surface area contributed by atoms with Gasteiger partial charge in [0.15, 0.2) is 0 Å². The van der Waals surface area contributed by atoms with Crippen molar-refractivity contribution in [3.63, 3.8) is 0 Å². The number of methoxy groups -OCH3 is 1. The third-order valence-electron chi connectivity index (χ3n) is 3.92. The standard InChI is InChI=1S/C16H24N2O2/c1-12-7-8-14(11-18-12)16(19)17-10-9-13-5-3-4-6-15(13)20-2/h3-6,12,14,18H,7-11H2,1-2H3,(H,17,19). The summed E-state index contributed by atoms with van der Waals surface area (Å²) in [4.78, 5) is 12.1. The average molecular weight is 276 g/mol. The predicted octanol–water partition coefficient (Wildman–Crippen LogP) is 1.74. The van der Waals surface area contributed by atoms with E-state index in [1.54, 1.807) is 7.11 Å². The summed E-state index contributed by atoms with van der Waals surface area (Å²) < 4.78 is 5.31. The Morgan fingerprint density at radius 1 is 1.40 bits per heavy atom. The summed E-state index contributed by atoms with van der Waals surface area (Å²) in [6.45, 7) is 3.61. The van der Waals surface area contributed by atoms with E-state index in [1.165, 1.54) is 0 Å². The molecule has 0 aliphatic carbocycles. The number of nitrogens with one attached hydrogen (secondary N) is 2. The Morgan fingerprint density at radius 2 is 2.20 bits per heavy atom. The van der Waals surface area contributed by atoms with E-state index in [0.717, 1.165) is 37.1 Å². The van der Waals surface area contributed by atoms with Crippen molar-refractivity contribution in [1.82, 2.24) is 10.6 Å². The van der Waals surface area contributed by atoms with E-state index in [9.17, 15) is 4.79 Å². The van der Waals surface area contributed by atoms with E-state index in [1.807, 2.05) is 24.3 Å². The summed E-state index contributed by atoms with van der Waals surface area (Å²) in [6, 6.07) is 8.47. The first-order valence-electron chi connectivity index (χ1n) is 7.33. The zero-order valence-corrected chi connectivity index (χ0v) is 12.3. The molecule has 0 aromatic heterocycles. The van der Waals surface area contributed by atoms with E-state index in [0.29, 0.717) is 12.6 Å². The number of amides is 1. The average Bonchev–Trinajstić information content (AvgIpc) is 2.48. The van der Waals surface area contributed by atoms with Gasteiger partial charge in [0.05, 0.1) is 13.0 Å². The lowest BCUT2D eigenvalue weighted by atomic mass is 9.95. The minimum atomic E-state index is 0.115. The number of para-hydroxylation sites is 1. The molecule has 2 unspecified atom stereocenters. The molecule has 1 saturated heterocycles.